The predicted molar refractivity (Wildman–Crippen MR) is 79.4 cm³/mol. The number of hydrogen-bond donors (Lipinski definition) is 1. The van der Waals surface area contributed by atoms with Crippen molar-refractivity contribution < 1.29 is 13.2 Å². The largest absolute Gasteiger partial charge is 0.377 e. The van der Waals surface area contributed by atoms with Crippen LogP contribution in [0.4, 0.5) is 0 Å². The smallest absolute Gasteiger partial charge is 0.180 e. The average Bonchev–Trinajstić information content (AvgIpc) is 2.49. The fraction of sp³-hybridized carbons (Fsp3) is 0.533. The molecule has 0 aliphatic heterocycles. The highest BCUT2D eigenvalue weighted by Gasteiger charge is 2.20. The van der Waals surface area contributed by atoms with Gasteiger partial charge in [-0.3, -0.25) is 0 Å². The van der Waals surface area contributed by atoms with Gasteiger partial charge in [-0.15, -0.1) is 0 Å². The molecule has 0 unspecified atom stereocenters. The Balaban J connectivity index is 1.85. The van der Waals surface area contributed by atoms with E-state index in [-0.39, 0.29) is 29.4 Å². The van der Waals surface area contributed by atoms with E-state index in [1.165, 1.54) is 24.3 Å². The molecule has 1 aliphatic rings. The van der Waals surface area contributed by atoms with E-state index in [0.717, 1.165) is 25.7 Å². The first-order valence-electron chi connectivity index (χ1n) is 7.11. The van der Waals surface area contributed by atoms with Crippen molar-refractivity contribution in [3.8, 4) is 6.07 Å². The summed E-state index contributed by atoms with van der Waals surface area (Å²) in [6.07, 6.45) is 3.80. The summed E-state index contributed by atoms with van der Waals surface area (Å²) < 4.78 is 29.9. The summed E-state index contributed by atoms with van der Waals surface area (Å²) in [5.74, 6) is -0.0402. The van der Waals surface area contributed by atoms with E-state index in [1.54, 1.807) is 0 Å². The molecule has 6 heteroatoms. The standard InChI is InChI=1S/C15H20N2O3S/c16-11-12-1-7-15(8-2-12)21(18,19)10-9-20-14-5-3-13(17)4-6-14/h1-2,7-8,13-14H,3-6,9-10,17H2. The summed E-state index contributed by atoms with van der Waals surface area (Å²) in [6, 6.07) is 8.17. The monoisotopic (exact) mass is 308 g/mol. The third kappa shape index (κ3) is 4.53. The van der Waals surface area contributed by atoms with Gasteiger partial charge in [-0.25, -0.2) is 8.42 Å². The Hall–Kier alpha value is -1.42. The minimum Gasteiger partial charge on any atom is -0.377 e. The highest BCUT2D eigenvalue weighted by molar-refractivity contribution is 7.91. The molecule has 1 fully saturated rings. The third-order valence-corrected chi connectivity index (χ3v) is 5.46. The number of rotatable bonds is 5. The van der Waals surface area contributed by atoms with E-state index < -0.39 is 9.84 Å². The van der Waals surface area contributed by atoms with Gasteiger partial charge in [0, 0.05) is 6.04 Å². The quantitative estimate of drug-likeness (QED) is 0.892. The topological polar surface area (TPSA) is 93.2 Å². The number of benzene rings is 1. The molecular formula is C15H20N2O3S. The maximum Gasteiger partial charge on any atom is 0.180 e. The van der Waals surface area contributed by atoms with Gasteiger partial charge in [-0.2, -0.15) is 5.26 Å². The van der Waals surface area contributed by atoms with E-state index in [2.05, 4.69) is 0 Å². The van der Waals surface area contributed by atoms with Gasteiger partial charge in [0.05, 0.1) is 35.0 Å². The summed E-state index contributed by atoms with van der Waals surface area (Å²) in [7, 11) is -3.36. The van der Waals surface area contributed by atoms with Crippen LogP contribution in [0.2, 0.25) is 0 Å². The van der Waals surface area contributed by atoms with Gasteiger partial charge in [-0.05, 0) is 49.9 Å². The Bertz CT molecular complexity index is 597. The van der Waals surface area contributed by atoms with Crippen molar-refractivity contribution in [2.45, 2.75) is 42.7 Å². The van der Waals surface area contributed by atoms with Crippen LogP contribution in [0.15, 0.2) is 29.2 Å². The molecule has 0 heterocycles. The molecule has 0 bridgehead atoms. The molecule has 5 nitrogen and oxygen atoms in total. The van der Waals surface area contributed by atoms with Gasteiger partial charge in [-0.1, -0.05) is 0 Å². The molecule has 1 aromatic rings. The fourth-order valence-corrected chi connectivity index (χ4v) is 3.54. The Morgan fingerprint density at radius 2 is 1.81 bits per heavy atom. The number of nitrogens with zero attached hydrogens (tertiary/aromatic N) is 1. The van der Waals surface area contributed by atoms with Gasteiger partial charge in [0.2, 0.25) is 0 Å². The van der Waals surface area contributed by atoms with E-state index in [9.17, 15) is 8.42 Å². The van der Waals surface area contributed by atoms with Crippen LogP contribution < -0.4 is 5.73 Å². The Kier molecular flexibility index (Phi) is 5.34. The van der Waals surface area contributed by atoms with E-state index in [0.29, 0.717) is 5.56 Å². The zero-order valence-electron chi connectivity index (χ0n) is 11.9. The molecule has 0 atom stereocenters. The van der Waals surface area contributed by atoms with Crippen LogP contribution in [0.25, 0.3) is 0 Å². The second-order valence-corrected chi connectivity index (χ2v) is 7.47. The lowest BCUT2D eigenvalue weighted by Gasteiger charge is -2.26. The van der Waals surface area contributed by atoms with Gasteiger partial charge >= 0.3 is 0 Å². The summed E-state index contributed by atoms with van der Waals surface area (Å²) >= 11 is 0. The highest BCUT2D eigenvalue weighted by Crippen LogP contribution is 2.20. The average molecular weight is 308 g/mol. The van der Waals surface area contributed by atoms with Crippen LogP contribution in [-0.4, -0.2) is 32.9 Å². The van der Waals surface area contributed by atoms with Crippen molar-refractivity contribution >= 4 is 9.84 Å². The normalized spacial score (nSPS) is 22.7. The van der Waals surface area contributed by atoms with Gasteiger partial charge in [0.25, 0.3) is 0 Å². The molecular weight excluding hydrogens is 288 g/mol. The minimum atomic E-state index is -3.36. The van der Waals surface area contributed by atoms with Crippen molar-refractivity contribution in [2.24, 2.45) is 5.73 Å². The fourth-order valence-electron chi connectivity index (χ4n) is 2.43. The summed E-state index contributed by atoms with van der Waals surface area (Å²) in [5.41, 5.74) is 6.27. The number of hydrogen-bond acceptors (Lipinski definition) is 5. The summed E-state index contributed by atoms with van der Waals surface area (Å²) in [4.78, 5) is 0.232. The van der Waals surface area contributed by atoms with Crippen molar-refractivity contribution in [2.75, 3.05) is 12.4 Å². The van der Waals surface area contributed by atoms with Crippen LogP contribution in [0.5, 0.6) is 0 Å². The minimum absolute atomic E-state index is 0.0402. The molecule has 114 valence electrons. The molecule has 1 aromatic carbocycles. The molecule has 2 rings (SSSR count). The van der Waals surface area contributed by atoms with Crippen LogP contribution in [0.1, 0.15) is 31.2 Å². The number of nitrogens with two attached hydrogens (primary N) is 1. The van der Waals surface area contributed by atoms with E-state index in [1.807, 2.05) is 6.07 Å². The Labute approximate surface area is 125 Å². The number of sulfone groups is 1. The first-order chi connectivity index (χ1) is 10.0. The van der Waals surface area contributed by atoms with Gasteiger partial charge in [0.1, 0.15) is 0 Å². The van der Waals surface area contributed by atoms with Crippen molar-refractivity contribution in [3.63, 3.8) is 0 Å². The van der Waals surface area contributed by atoms with Crippen molar-refractivity contribution in [1.29, 1.82) is 5.26 Å². The second kappa shape index (κ2) is 7.03. The van der Waals surface area contributed by atoms with Crippen LogP contribution >= 0.6 is 0 Å². The molecule has 0 spiro atoms. The lowest BCUT2D eigenvalue weighted by Crippen LogP contribution is -2.31. The molecule has 0 saturated heterocycles. The highest BCUT2D eigenvalue weighted by atomic mass is 32.2. The zero-order valence-corrected chi connectivity index (χ0v) is 12.7. The molecule has 1 aliphatic carbocycles. The maximum absolute atomic E-state index is 12.1. The van der Waals surface area contributed by atoms with Crippen molar-refractivity contribution in [3.05, 3.63) is 29.8 Å². The SMILES string of the molecule is N#Cc1ccc(S(=O)(=O)CCOC2CCC(N)CC2)cc1. The Morgan fingerprint density at radius 3 is 2.38 bits per heavy atom. The molecule has 0 aromatic heterocycles. The summed E-state index contributed by atoms with van der Waals surface area (Å²) in [6.45, 7) is 0.197. The second-order valence-electron chi connectivity index (χ2n) is 5.36. The predicted octanol–water partition coefficient (Wildman–Crippen LogP) is 1.62. The van der Waals surface area contributed by atoms with Crippen LogP contribution in [0.3, 0.4) is 0 Å². The van der Waals surface area contributed by atoms with E-state index >= 15 is 0 Å². The molecule has 1 saturated carbocycles. The number of nitriles is 1. The first-order valence-corrected chi connectivity index (χ1v) is 8.76. The molecule has 0 radical (unpaired) electrons. The number of ether oxygens (including phenoxy) is 1. The van der Waals surface area contributed by atoms with Crippen molar-refractivity contribution in [1.82, 2.24) is 0 Å². The first kappa shape index (κ1) is 16.0. The maximum atomic E-state index is 12.1. The Morgan fingerprint density at radius 1 is 1.19 bits per heavy atom. The molecule has 21 heavy (non-hydrogen) atoms. The van der Waals surface area contributed by atoms with Crippen LogP contribution in [-0.2, 0) is 14.6 Å². The van der Waals surface area contributed by atoms with Crippen LogP contribution in [0, 0.1) is 11.3 Å². The van der Waals surface area contributed by atoms with Gasteiger partial charge in [0.15, 0.2) is 9.84 Å². The van der Waals surface area contributed by atoms with Gasteiger partial charge < -0.3 is 10.5 Å². The lowest BCUT2D eigenvalue weighted by molar-refractivity contribution is 0.0344. The molecule has 2 N–H and O–H groups in total. The van der Waals surface area contributed by atoms with E-state index in [4.69, 9.17) is 15.7 Å². The molecule has 0 amide bonds. The summed E-state index contributed by atoms with van der Waals surface area (Å²) in [5, 5.41) is 8.71. The third-order valence-electron chi connectivity index (χ3n) is 3.77. The lowest BCUT2D eigenvalue weighted by atomic mass is 9.94. The zero-order chi connectivity index (χ0) is 15.3.